The topological polar surface area (TPSA) is 72.2 Å². The summed E-state index contributed by atoms with van der Waals surface area (Å²) in [6.45, 7) is 0.0657. The third-order valence-electron chi connectivity index (χ3n) is 3.12. The number of nitrogens with two attached hydrogens (primary N) is 1. The van der Waals surface area contributed by atoms with Crippen molar-refractivity contribution in [1.82, 2.24) is 5.32 Å². The monoisotopic (exact) mass is 322 g/mol. The van der Waals surface area contributed by atoms with Crippen LogP contribution in [0.25, 0.3) is 0 Å². The molecule has 0 saturated heterocycles. The molecule has 23 heavy (non-hydrogen) atoms. The van der Waals surface area contributed by atoms with Crippen LogP contribution in [0.4, 0.5) is 13.2 Å². The summed E-state index contributed by atoms with van der Waals surface area (Å²) in [5, 5.41) is 2.50. The van der Waals surface area contributed by atoms with Crippen LogP contribution in [0.5, 0.6) is 0 Å². The molecule has 0 saturated carbocycles. The number of carbonyl (C=O) groups is 2. The summed E-state index contributed by atoms with van der Waals surface area (Å²) in [5.74, 6) is -1.24. The fourth-order valence-corrected chi connectivity index (χ4v) is 1.96. The number of benzene rings is 2. The Morgan fingerprint density at radius 3 is 2.30 bits per heavy atom. The molecular weight excluding hydrogens is 309 g/mol. The highest BCUT2D eigenvalue weighted by Gasteiger charge is 2.30. The van der Waals surface area contributed by atoms with Gasteiger partial charge in [-0.05, 0) is 35.9 Å². The van der Waals surface area contributed by atoms with Crippen LogP contribution in [-0.4, -0.2) is 11.8 Å². The molecule has 0 spiro atoms. The molecule has 0 atom stereocenters. The second-order valence-corrected chi connectivity index (χ2v) is 4.83. The molecule has 2 rings (SSSR count). The molecule has 2 aromatic carbocycles. The van der Waals surface area contributed by atoms with E-state index in [-0.39, 0.29) is 17.7 Å². The SMILES string of the molecule is NC(=O)c1cccc(CNC(=O)c2cccc(C(F)(F)F)c2)c1. The maximum absolute atomic E-state index is 12.6. The highest BCUT2D eigenvalue weighted by Crippen LogP contribution is 2.29. The summed E-state index contributed by atoms with van der Waals surface area (Å²) < 4.78 is 37.9. The maximum atomic E-state index is 12.6. The zero-order chi connectivity index (χ0) is 17.0. The first-order valence-electron chi connectivity index (χ1n) is 6.61. The summed E-state index contributed by atoms with van der Waals surface area (Å²) in [4.78, 5) is 23.0. The third kappa shape index (κ3) is 4.32. The Bertz CT molecular complexity index is 742. The number of alkyl halides is 3. The lowest BCUT2D eigenvalue weighted by Crippen LogP contribution is -2.23. The van der Waals surface area contributed by atoms with Crippen LogP contribution in [0.2, 0.25) is 0 Å². The van der Waals surface area contributed by atoms with Gasteiger partial charge in [0.1, 0.15) is 0 Å². The van der Waals surface area contributed by atoms with Crippen LogP contribution >= 0.6 is 0 Å². The van der Waals surface area contributed by atoms with Gasteiger partial charge in [-0.2, -0.15) is 13.2 Å². The van der Waals surface area contributed by atoms with Gasteiger partial charge in [-0.25, -0.2) is 0 Å². The first-order chi connectivity index (χ1) is 10.8. The van der Waals surface area contributed by atoms with E-state index in [1.807, 2.05) is 0 Å². The van der Waals surface area contributed by atoms with Crippen LogP contribution in [0.15, 0.2) is 48.5 Å². The summed E-state index contributed by atoms with van der Waals surface area (Å²) in [7, 11) is 0. The Kier molecular flexibility index (Phi) is 4.68. The lowest BCUT2D eigenvalue weighted by Gasteiger charge is -2.09. The standard InChI is InChI=1S/C16H13F3N2O2/c17-16(18,19)13-6-2-5-12(8-13)15(23)21-9-10-3-1-4-11(7-10)14(20)22/h1-8H,9H2,(H2,20,22)(H,21,23). The van der Waals surface area contributed by atoms with Crippen molar-refractivity contribution in [3.05, 3.63) is 70.8 Å². The van der Waals surface area contributed by atoms with Crippen molar-refractivity contribution in [2.45, 2.75) is 12.7 Å². The van der Waals surface area contributed by atoms with Crippen LogP contribution in [-0.2, 0) is 12.7 Å². The van der Waals surface area contributed by atoms with Gasteiger partial charge in [-0.1, -0.05) is 18.2 Å². The molecule has 4 nitrogen and oxygen atoms in total. The number of hydrogen-bond donors (Lipinski definition) is 2. The molecule has 3 N–H and O–H groups in total. The predicted octanol–water partition coefficient (Wildman–Crippen LogP) is 2.73. The van der Waals surface area contributed by atoms with Crippen molar-refractivity contribution in [2.24, 2.45) is 5.73 Å². The smallest absolute Gasteiger partial charge is 0.366 e. The van der Waals surface area contributed by atoms with E-state index in [4.69, 9.17) is 5.73 Å². The fraction of sp³-hybridized carbons (Fsp3) is 0.125. The summed E-state index contributed by atoms with van der Waals surface area (Å²) in [5.41, 5.74) is 5.07. The molecule has 120 valence electrons. The zero-order valence-corrected chi connectivity index (χ0v) is 11.9. The fourth-order valence-electron chi connectivity index (χ4n) is 1.96. The Morgan fingerprint density at radius 1 is 1.00 bits per heavy atom. The van der Waals surface area contributed by atoms with Gasteiger partial charge in [0.2, 0.25) is 5.91 Å². The van der Waals surface area contributed by atoms with Crippen LogP contribution in [0, 0.1) is 0 Å². The van der Waals surface area contributed by atoms with Gasteiger partial charge in [0.25, 0.3) is 5.91 Å². The van der Waals surface area contributed by atoms with E-state index in [1.54, 1.807) is 12.1 Å². The third-order valence-corrected chi connectivity index (χ3v) is 3.12. The van der Waals surface area contributed by atoms with Crippen molar-refractivity contribution in [3.8, 4) is 0 Å². The van der Waals surface area contributed by atoms with E-state index in [0.29, 0.717) is 5.56 Å². The van der Waals surface area contributed by atoms with E-state index >= 15 is 0 Å². The lowest BCUT2D eigenvalue weighted by molar-refractivity contribution is -0.137. The number of hydrogen-bond acceptors (Lipinski definition) is 2. The summed E-state index contributed by atoms with van der Waals surface area (Å²) >= 11 is 0. The van der Waals surface area contributed by atoms with E-state index in [2.05, 4.69) is 5.32 Å². The van der Waals surface area contributed by atoms with Gasteiger partial charge in [-0.3, -0.25) is 9.59 Å². The first kappa shape index (κ1) is 16.5. The summed E-state index contributed by atoms with van der Waals surface area (Å²) in [6, 6.07) is 10.5. The van der Waals surface area contributed by atoms with Crippen molar-refractivity contribution in [1.29, 1.82) is 0 Å². The number of nitrogens with one attached hydrogen (secondary N) is 1. The molecule has 0 radical (unpaired) electrons. The largest absolute Gasteiger partial charge is 0.416 e. The Hall–Kier alpha value is -2.83. The Balaban J connectivity index is 2.08. The molecular formula is C16H13F3N2O2. The minimum absolute atomic E-state index is 0.0657. The summed E-state index contributed by atoms with van der Waals surface area (Å²) in [6.07, 6.45) is -4.51. The number of amides is 2. The van der Waals surface area contributed by atoms with Gasteiger partial charge in [0.15, 0.2) is 0 Å². The molecule has 0 fully saturated rings. The minimum atomic E-state index is -4.51. The minimum Gasteiger partial charge on any atom is -0.366 e. The van der Waals surface area contributed by atoms with E-state index in [1.165, 1.54) is 24.3 Å². The zero-order valence-electron chi connectivity index (χ0n) is 11.9. The molecule has 0 aliphatic carbocycles. The van der Waals surface area contributed by atoms with Crippen molar-refractivity contribution in [3.63, 3.8) is 0 Å². The average molecular weight is 322 g/mol. The first-order valence-corrected chi connectivity index (χ1v) is 6.61. The van der Waals surface area contributed by atoms with Crippen molar-refractivity contribution < 1.29 is 22.8 Å². The molecule has 2 aromatic rings. The molecule has 0 heterocycles. The van der Waals surface area contributed by atoms with Crippen LogP contribution in [0.3, 0.4) is 0 Å². The van der Waals surface area contributed by atoms with Gasteiger partial charge in [0.05, 0.1) is 5.56 Å². The second kappa shape index (κ2) is 6.51. The molecule has 0 aliphatic rings. The highest BCUT2D eigenvalue weighted by molar-refractivity contribution is 5.94. The quantitative estimate of drug-likeness (QED) is 0.908. The molecule has 0 bridgehead atoms. The molecule has 7 heteroatoms. The number of halogens is 3. The van der Waals surface area contributed by atoms with Crippen LogP contribution in [0.1, 0.15) is 31.8 Å². The Labute approximate surface area is 130 Å². The predicted molar refractivity (Wildman–Crippen MR) is 77.6 cm³/mol. The molecule has 0 aliphatic heterocycles. The van der Waals surface area contributed by atoms with E-state index in [0.717, 1.165) is 12.1 Å². The Morgan fingerprint density at radius 2 is 1.65 bits per heavy atom. The average Bonchev–Trinajstić information content (AvgIpc) is 2.52. The molecule has 2 amide bonds. The number of primary amides is 1. The van der Waals surface area contributed by atoms with Gasteiger partial charge >= 0.3 is 6.18 Å². The normalized spacial score (nSPS) is 11.1. The van der Waals surface area contributed by atoms with E-state index < -0.39 is 23.6 Å². The van der Waals surface area contributed by atoms with Gasteiger partial charge in [0, 0.05) is 17.7 Å². The molecule has 0 unspecified atom stereocenters. The van der Waals surface area contributed by atoms with Crippen molar-refractivity contribution >= 4 is 11.8 Å². The van der Waals surface area contributed by atoms with Gasteiger partial charge < -0.3 is 11.1 Å². The van der Waals surface area contributed by atoms with Gasteiger partial charge in [-0.15, -0.1) is 0 Å². The second-order valence-electron chi connectivity index (χ2n) is 4.83. The highest BCUT2D eigenvalue weighted by atomic mass is 19.4. The van der Waals surface area contributed by atoms with Crippen LogP contribution < -0.4 is 11.1 Å². The number of carbonyl (C=O) groups excluding carboxylic acids is 2. The number of rotatable bonds is 4. The maximum Gasteiger partial charge on any atom is 0.416 e. The molecule has 0 aromatic heterocycles. The van der Waals surface area contributed by atoms with Crippen molar-refractivity contribution in [2.75, 3.05) is 0 Å². The lowest BCUT2D eigenvalue weighted by atomic mass is 10.1. The van der Waals surface area contributed by atoms with E-state index in [9.17, 15) is 22.8 Å².